The zero-order valence-corrected chi connectivity index (χ0v) is 8.23. The Morgan fingerprint density at radius 1 is 1.31 bits per heavy atom. The molecule has 1 atom stereocenters. The van der Waals surface area contributed by atoms with E-state index in [4.69, 9.17) is 0 Å². The van der Waals surface area contributed by atoms with E-state index in [1.165, 1.54) is 0 Å². The number of hydrogen-bond acceptors (Lipinski definition) is 2. The second kappa shape index (κ2) is 2.62. The van der Waals surface area contributed by atoms with Gasteiger partial charge in [-0.05, 0) is 11.1 Å². The average Bonchev–Trinajstić information content (AvgIpc) is 2.45. The number of rotatable bonds is 0. The van der Waals surface area contributed by atoms with E-state index in [1.54, 1.807) is 0 Å². The van der Waals surface area contributed by atoms with Gasteiger partial charge >= 0.3 is 5.49 Å². The van der Waals surface area contributed by atoms with Crippen LogP contribution in [0.15, 0.2) is 34.5 Å². The molecule has 68 valence electrons. The first-order valence-corrected chi connectivity index (χ1v) is 4.50. The van der Waals surface area contributed by atoms with Gasteiger partial charge in [0, 0.05) is 11.5 Å². The molecule has 3 nitrogen and oxygen atoms in total. The van der Waals surface area contributed by atoms with Gasteiger partial charge in [0.05, 0.1) is 0 Å². The predicted octanol–water partition coefficient (Wildman–Crippen LogP) is 1.01. The highest BCUT2D eigenvalue weighted by atomic mass is 15.3. The average molecular weight is 176 g/mol. The summed E-state index contributed by atoms with van der Waals surface area (Å²) in [7, 11) is 0. The van der Waals surface area contributed by atoms with Crippen molar-refractivity contribution in [1.29, 1.82) is 0 Å². The van der Waals surface area contributed by atoms with Gasteiger partial charge in [-0.15, -0.1) is 4.36 Å². The number of pyridine rings is 1. The molecule has 0 fully saturated rings. The maximum atomic E-state index is 4.52. The Morgan fingerprint density at radius 3 is 2.69 bits per heavy atom. The fourth-order valence-electron chi connectivity index (χ4n) is 1.26. The van der Waals surface area contributed by atoms with E-state index in [9.17, 15) is 0 Å². The van der Waals surface area contributed by atoms with Gasteiger partial charge in [-0.3, -0.25) is 0 Å². The van der Waals surface area contributed by atoms with Gasteiger partial charge in [-0.2, -0.15) is 0 Å². The van der Waals surface area contributed by atoms with Crippen molar-refractivity contribution < 1.29 is 4.36 Å². The van der Waals surface area contributed by atoms with Crippen LogP contribution in [0.1, 0.15) is 20.8 Å². The van der Waals surface area contributed by atoms with Gasteiger partial charge in [0.15, 0.2) is 0 Å². The van der Waals surface area contributed by atoms with Gasteiger partial charge in [-0.1, -0.05) is 32.0 Å². The van der Waals surface area contributed by atoms with E-state index in [0.717, 1.165) is 5.49 Å². The second-order valence-corrected chi connectivity index (χ2v) is 4.39. The maximum Gasteiger partial charge on any atom is 0.344 e. The summed E-state index contributed by atoms with van der Waals surface area (Å²) >= 11 is 0. The first-order valence-electron chi connectivity index (χ1n) is 4.50. The minimum Gasteiger partial charge on any atom is -0.102 e. The summed E-state index contributed by atoms with van der Waals surface area (Å²) in [5, 5.41) is 4.47. The van der Waals surface area contributed by atoms with Crippen LogP contribution in [0.5, 0.6) is 0 Å². The molecule has 3 heteroatoms. The summed E-state index contributed by atoms with van der Waals surface area (Å²) < 4.78 is 1.84. The van der Waals surface area contributed by atoms with E-state index >= 15 is 0 Å². The standard InChI is InChI=1S/C10H14N3/c1-10(2,3)9-11-8-6-4-5-7-13(8)12-9/h4-7,9H,1-3H3/q+1. The molecule has 0 radical (unpaired) electrons. The van der Waals surface area contributed by atoms with Crippen LogP contribution < -0.4 is 9.85 Å². The zero-order chi connectivity index (χ0) is 9.47. The van der Waals surface area contributed by atoms with Gasteiger partial charge < -0.3 is 0 Å². The largest absolute Gasteiger partial charge is 0.344 e. The Bertz CT molecular complexity index is 393. The lowest BCUT2D eigenvalue weighted by molar-refractivity contribution is -0.560. The third-order valence-electron chi connectivity index (χ3n) is 2.08. The molecule has 0 bridgehead atoms. The smallest absolute Gasteiger partial charge is 0.102 e. The highest BCUT2D eigenvalue weighted by molar-refractivity contribution is 4.87. The molecule has 0 aliphatic carbocycles. The van der Waals surface area contributed by atoms with Crippen LogP contribution in [0, 0.1) is 5.41 Å². The van der Waals surface area contributed by atoms with Crippen LogP contribution in [0.4, 0.5) is 0 Å². The molecule has 0 N–H and O–H groups in total. The molecule has 0 amide bonds. The van der Waals surface area contributed by atoms with Crippen LogP contribution in [-0.4, -0.2) is 6.17 Å². The van der Waals surface area contributed by atoms with Crippen molar-refractivity contribution in [2.75, 3.05) is 0 Å². The second-order valence-electron chi connectivity index (χ2n) is 4.39. The molecule has 2 rings (SSSR count). The van der Waals surface area contributed by atoms with Crippen LogP contribution in [0.25, 0.3) is 0 Å². The van der Waals surface area contributed by atoms with Crippen molar-refractivity contribution in [3.63, 3.8) is 0 Å². The van der Waals surface area contributed by atoms with Crippen molar-refractivity contribution in [3.8, 4) is 0 Å². The number of fused-ring (bicyclic) bond motifs is 1. The number of aromatic nitrogens is 1. The van der Waals surface area contributed by atoms with Crippen molar-refractivity contribution in [1.82, 2.24) is 0 Å². The Kier molecular flexibility index (Phi) is 1.68. The molecule has 1 aromatic rings. The topological polar surface area (TPSA) is 30.6 Å². The number of nitrogens with zero attached hydrogens (tertiary/aromatic N) is 3. The summed E-state index contributed by atoms with van der Waals surface area (Å²) in [6, 6.07) is 5.93. The monoisotopic (exact) mass is 176 g/mol. The lowest BCUT2D eigenvalue weighted by Gasteiger charge is -2.14. The highest BCUT2D eigenvalue weighted by Crippen LogP contribution is 2.22. The molecule has 0 saturated heterocycles. The van der Waals surface area contributed by atoms with E-state index in [-0.39, 0.29) is 11.6 Å². The highest BCUT2D eigenvalue weighted by Gasteiger charge is 2.32. The van der Waals surface area contributed by atoms with E-state index < -0.39 is 0 Å². The van der Waals surface area contributed by atoms with Crippen molar-refractivity contribution in [3.05, 3.63) is 29.9 Å². The first-order chi connectivity index (χ1) is 6.07. The maximum absolute atomic E-state index is 4.52. The molecule has 0 spiro atoms. The molecule has 2 heterocycles. The quantitative estimate of drug-likeness (QED) is 0.528. The third kappa shape index (κ3) is 1.46. The van der Waals surface area contributed by atoms with Crippen LogP contribution in [0.2, 0.25) is 0 Å². The minimum absolute atomic E-state index is 0.0508. The Labute approximate surface area is 77.5 Å². The van der Waals surface area contributed by atoms with E-state index in [0.29, 0.717) is 0 Å². The Hall–Kier alpha value is -1.25. The minimum atomic E-state index is 0.0508. The third-order valence-corrected chi connectivity index (χ3v) is 2.08. The fraction of sp³-hybridized carbons (Fsp3) is 0.500. The van der Waals surface area contributed by atoms with Crippen molar-refractivity contribution in [2.45, 2.75) is 26.9 Å². The lowest BCUT2D eigenvalue weighted by atomic mass is 9.93. The zero-order valence-electron chi connectivity index (χ0n) is 8.23. The van der Waals surface area contributed by atoms with Gasteiger partial charge in [0.25, 0.3) is 6.17 Å². The molecular formula is C10H14N3+. The lowest BCUT2D eigenvalue weighted by Crippen LogP contribution is -2.32. The van der Waals surface area contributed by atoms with Gasteiger partial charge in [0.2, 0.25) is 0 Å². The summed E-state index contributed by atoms with van der Waals surface area (Å²) in [5.74, 6) is 0. The van der Waals surface area contributed by atoms with Crippen LogP contribution in [-0.2, 0) is 0 Å². The summed E-state index contributed by atoms with van der Waals surface area (Å²) in [6.45, 7) is 6.45. The molecule has 1 aliphatic heterocycles. The molecule has 1 unspecified atom stereocenters. The van der Waals surface area contributed by atoms with Crippen molar-refractivity contribution in [2.24, 2.45) is 15.5 Å². The Balaban J connectivity index is 2.53. The molecular weight excluding hydrogens is 162 g/mol. The molecule has 0 aromatic carbocycles. The molecule has 0 saturated carbocycles. The van der Waals surface area contributed by atoms with Gasteiger partial charge in [-0.25, -0.2) is 0 Å². The predicted molar refractivity (Wildman–Crippen MR) is 48.9 cm³/mol. The van der Waals surface area contributed by atoms with Gasteiger partial charge in [0.1, 0.15) is 6.20 Å². The van der Waals surface area contributed by atoms with Crippen LogP contribution in [0.3, 0.4) is 0 Å². The fourth-order valence-corrected chi connectivity index (χ4v) is 1.26. The summed E-state index contributed by atoms with van der Waals surface area (Å²) in [6.07, 6.45) is 1.99. The summed E-state index contributed by atoms with van der Waals surface area (Å²) in [4.78, 5) is 4.52. The van der Waals surface area contributed by atoms with Crippen LogP contribution >= 0.6 is 0 Å². The van der Waals surface area contributed by atoms with E-state index in [2.05, 4.69) is 30.9 Å². The number of hydrogen-bond donors (Lipinski definition) is 0. The molecule has 1 aliphatic rings. The van der Waals surface area contributed by atoms with Crippen molar-refractivity contribution >= 4 is 0 Å². The molecule has 13 heavy (non-hydrogen) atoms. The van der Waals surface area contributed by atoms with E-state index in [1.807, 2.05) is 28.8 Å². The first kappa shape index (κ1) is 8.35. The summed E-state index contributed by atoms with van der Waals surface area (Å²) in [5.41, 5.74) is 1.05. The normalized spacial score (nSPS) is 20.4. The Morgan fingerprint density at radius 2 is 2.08 bits per heavy atom. The molecule has 1 aromatic heterocycles. The SMILES string of the molecule is CC(C)(C)C1N=c2cccc[n+]2=N1.